The number of morpholine rings is 1. The van der Waals surface area contributed by atoms with E-state index in [1.54, 1.807) is 23.5 Å². The third-order valence-electron chi connectivity index (χ3n) is 6.40. The number of halogens is 1. The Bertz CT molecular complexity index is 1540. The molecular formula is C28H22FN3O3S. The molecule has 0 amide bonds. The van der Waals surface area contributed by atoms with Gasteiger partial charge in [-0.05, 0) is 35.4 Å². The van der Waals surface area contributed by atoms with Crippen molar-refractivity contribution in [3.63, 3.8) is 0 Å². The largest absolute Gasteiger partial charge is 0.479 e. The predicted octanol–water partition coefficient (Wildman–Crippen LogP) is 6.05. The van der Waals surface area contributed by atoms with E-state index in [1.807, 2.05) is 47.5 Å². The Morgan fingerprint density at radius 1 is 1.03 bits per heavy atom. The normalized spacial score (nSPS) is 15.9. The Balaban J connectivity index is 1.44. The zero-order valence-electron chi connectivity index (χ0n) is 19.1. The second-order valence-corrected chi connectivity index (χ2v) is 9.62. The highest BCUT2D eigenvalue weighted by Crippen LogP contribution is 2.43. The average Bonchev–Trinajstić information content (AvgIpc) is 3.57. The third-order valence-corrected chi connectivity index (χ3v) is 7.55. The van der Waals surface area contributed by atoms with Crippen molar-refractivity contribution in [1.29, 1.82) is 0 Å². The summed E-state index contributed by atoms with van der Waals surface area (Å²) in [5.41, 5.74) is 5.82. The maximum Gasteiger partial charge on any atom is 0.334 e. The van der Waals surface area contributed by atoms with Gasteiger partial charge in [-0.3, -0.25) is 0 Å². The molecule has 36 heavy (non-hydrogen) atoms. The Morgan fingerprint density at radius 2 is 1.75 bits per heavy atom. The van der Waals surface area contributed by atoms with Crippen molar-refractivity contribution >= 4 is 33.3 Å². The van der Waals surface area contributed by atoms with Gasteiger partial charge in [-0.2, -0.15) is 0 Å². The number of hydrogen-bond donors (Lipinski definition) is 2. The topological polar surface area (TPSA) is 78.5 Å². The number of fused-ring (bicyclic) bond motifs is 1. The molecule has 1 atom stereocenters. The summed E-state index contributed by atoms with van der Waals surface area (Å²) in [7, 11) is 0. The Hall–Kier alpha value is -4.01. The lowest BCUT2D eigenvalue weighted by Crippen LogP contribution is -2.46. The molecule has 3 aromatic carbocycles. The molecule has 2 aromatic heterocycles. The second kappa shape index (κ2) is 9.22. The van der Waals surface area contributed by atoms with Gasteiger partial charge >= 0.3 is 5.97 Å². The smallest absolute Gasteiger partial charge is 0.334 e. The molecule has 1 unspecified atom stereocenters. The average molecular weight is 500 g/mol. The highest BCUT2D eigenvalue weighted by molar-refractivity contribution is 7.19. The Morgan fingerprint density at radius 3 is 2.50 bits per heavy atom. The first-order valence-electron chi connectivity index (χ1n) is 11.6. The highest BCUT2D eigenvalue weighted by Gasteiger charge is 2.29. The first-order valence-corrected chi connectivity index (χ1v) is 12.4. The summed E-state index contributed by atoms with van der Waals surface area (Å²) in [4.78, 5) is 22.8. The van der Waals surface area contributed by atoms with E-state index < -0.39 is 12.1 Å². The third kappa shape index (κ3) is 4.14. The molecule has 3 heterocycles. The molecule has 6 rings (SSSR count). The fourth-order valence-electron chi connectivity index (χ4n) is 4.54. The first-order chi connectivity index (χ1) is 17.6. The van der Waals surface area contributed by atoms with Gasteiger partial charge in [0.15, 0.2) is 11.2 Å². The number of H-pyrrole nitrogens is 1. The van der Waals surface area contributed by atoms with Crippen molar-refractivity contribution in [2.24, 2.45) is 0 Å². The van der Waals surface area contributed by atoms with E-state index >= 15 is 0 Å². The van der Waals surface area contributed by atoms with Gasteiger partial charge in [-0.25, -0.2) is 14.2 Å². The molecule has 6 nitrogen and oxygen atoms in total. The molecular weight excluding hydrogens is 477 g/mol. The highest BCUT2D eigenvalue weighted by atomic mass is 32.1. The van der Waals surface area contributed by atoms with Crippen LogP contribution in [0.2, 0.25) is 0 Å². The summed E-state index contributed by atoms with van der Waals surface area (Å²) < 4.78 is 18.8. The van der Waals surface area contributed by atoms with E-state index in [9.17, 15) is 14.3 Å². The predicted molar refractivity (Wildman–Crippen MR) is 140 cm³/mol. The Labute approximate surface area is 210 Å². The number of benzene rings is 3. The number of hydrogen-bond acceptors (Lipinski definition) is 5. The van der Waals surface area contributed by atoms with E-state index in [1.165, 1.54) is 12.1 Å². The van der Waals surface area contributed by atoms with Crippen molar-refractivity contribution in [2.45, 2.75) is 6.10 Å². The van der Waals surface area contributed by atoms with E-state index in [-0.39, 0.29) is 12.4 Å². The fraction of sp³-hybridized carbons (Fsp3) is 0.143. The Kier molecular flexibility index (Phi) is 5.75. The van der Waals surface area contributed by atoms with Crippen LogP contribution in [0.4, 0.5) is 9.52 Å². The zero-order chi connectivity index (χ0) is 24.6. The maximum atomic E-state index is 13.4. The lowest BCUT2D eigenvalue weighted by Gasteiger charge is -2.30. The van der Waals surface area contributed by atoms with Gasteiger partial charge in [0.05, 0.1) is 23.7 Å². The van der Waals surface area contributed by atoms with Gasteiger partial charge < -0.3 is 19.7 Å². The van der Waals surface area contributed by atoms with E-state index in [4.69, 9.17) is 9.72 Å². The maximum absolute atomic E-state index is 13.4. The molecule has 1 fully saturated rings. The van der Waals surface area contributed by atoms with Crippen molar-refractivity contribution in [2.75, 3.05) is 24.6 Å². The zero-order valence-corrected chi connectivity index (χ0v) is 20.0. The van der Waals surface area contributed by atoms with Crippen LogP contribution in [0.15, 0.2) is 79.0 Å². The summed E-state index contributed by atoms with van der Waals surface area (Å²) >= 11 is 1.56. The van der Waals surface area contributed by atoms with Crippen molar-refractivity contribution in [1.82, 2.24) is 9.97 Å². The number of nitrogens with one attached hydrogen (secondary N) is 1. The molecule has 180 valence electrons. The number of rotatable bonds is 5. The van der Waals surface area contributed by atoms with Crippen LogP contribution in [0.5, 0.6) is 0 Å². The number of aromatic amines is 1. The van der Waals surface area contributed by atoms with Crippen LogP contribution in [0, 0.1) is 5.82 Å². The first kappa shape index (κ1) is 22.5. The number of nitrogens with zero attached hydrogens (tertiary/aromatic N) is 2. The van der Waals surface area contributed by atoms with Crippen molar-refractivity contribution in [3.8, 4) is 32.8 Å². The molecule has 0 radical (unpaired) electrons. The minimum Gasteiger partial charge on any atom is -0.479 e. The number of anilines is 1. The van der Waals surface area contributed by atoms with Crippen LogP contribution < -0.4 is 4.90 Å². The quantitative estimate of drug-likeness (QED) is 0.308. The number of aliphatic carboxylic acids is 1. The standard InChI is InChI=1S/C28H22FN3O3S/c29-20-10-8-18(9-11-20)17-4-6-19(7-5-17)25-26(22-2-1-3-23-21(22)12-13-30-23)36-28(31-25)32-14-15-35-24(16-32)27(33)34/h1-13,24,30H,14-16H2,(H,33,34). The molecule has 1 aliphatic rings. The molecule has 8 heteroatoms. The number of carboxylic acid groups (broad SMARTS) is 1. The molecule has 0 spiro atoms. The lowest BCUT2D eigenvalue weighted by molar-refractivity contribution is -0.150. The summed E-state index contributed by atoms with van der Waals surface area (Å²) in [5, 5.41) is 11.3. The summed E-state index contributed by atoms with van der Waals surface area (Å²) in [6.45, 7) is 1.16. The fourth-order valence-corrected chi connectivity index (χ4v) is 5.70. The van der Waals surface area contributed by atoms with Gasteiger partial charge in [-0.1, -0.05) is 59.9 Å². The number of carboxylic acids is 1. The number of carbonyl (C=O) groups is 1. The molecule has 1 saturated heterocycles. The van der Waals surface area contributed by atoms with Crippen LogP contribution in [0.3, 0.4) is 0 Å². The van der Waals surface area contributed by atoms with Crippen LogP contribution in [0.1, 0.15) is 0 Å². The van der Waals surface area contributed by atoms with Crippen molar-refractivity contribution < 1.29 is 19.0 Å². The van der Waals surface area contributed by atoms with Crippen molar-refractivity contribution in [3.05, 3.63) is 84.8 Å². The van der Waals surface area contributed by atoms with Gasteiger partial charge in [0.1, 0.15) is 5.82 Å². The van der Waals surface area contributed by atoms with Gasteiger partial charge in [0, 0.05) is 34.8 Å². The number of ether oxygens (including phenoxy) is 1. The minimum absolute atomic E-state index is 0.250. The van der Waals surface area contributed by atoms with E-state index in [0.29, 0.717) is 13.2 Å². The summed E-state index contributed by atoms with van der Waals surface area (Å²) in [6.07, 6.45) is 1.05. The monoisotopic (exact) mass is 499 g/mol. The van der Waals surface area contributed by atoms with Gasteiger partial charge in [-0.15, -0.1) is 0 Å². The number of thiazole rings is 1. The minimum atomic E-state index is -0.967. The van der Waals surface area contributed by atoms with E-state index in [0.717, 1.165) is 48.9 Å². The molecule has 0 saturated carbocycles. The molecule has 0 bridgehead atoms. The van der Waals surface area contributed by atoms with Crippen LogP contribution in [-0.4, -0.2) is 46.8 Å². The van der Waals surface area contributed by atoms with Crippen LogP contribution in [0.25, 0.3) is 43.7 Å². The lowest BCUT2D eigenvalue weighted by atomic mass is 10.0. The number of aromatic nitrogens is 2. The molecule has 1 aliphatic heterocycles. The SMILES string of the molecule is O=C(O)C1CN(c2nc(-c3ccc(-c4ccc(F)cc4)cc3)c(-c3cccc4[nH]ccc34)s2)CCO1. The molecule has 5 aromatic rings. The molecule has 0 aliphatic carbocycles. The second-order valence-electron chi connectivity index (χ2n) is 8.65. The van der Waals surface area contributed by atoms with E-state index in [2.05, 4.69) is 17.1 Å². The van der Waals surface area contributed by atoms with Crippen LogP contribution in [-0.2, 0) is 9.53 Å². The van der Waals surface area contributed by atoms with Gasteiger partial charge in [0.2, 0.25) is 0 Å². The molecule has 2 N–H and O–H groups in total. The van der Waals surface area contributed by atoms with Crippen LogP contribution >= 0.6 is 11.3 Å². The summed E-state index contributed by atoms with van der Waals surface area (Å²) in [5.74, 6) is -1.23. The van der Waals surface area contributed by atoms with Gasteiger partial charge in [0.25, 0.3) is 0 Å². The summed E-state index contributed by atoms with van der Waals surface area (Å²) in [6, 6.07) is 22.7.